The Balaban J connectivity index is 2.22. The minimum atomic E-state index is -0.184. The number of ether oxygens (including phenoxy) is 1. The molecule has 0 bridgehead atoms. The number of likely N-dealkylation sites (N-methyl/N-ethyl adjacent to an activating group) is 1. The van der Waals surface area contributed by atoms with Crippen LogP contribution in [0.15, 0.2) is 22.7 Å². The monoisotopic (exact) mass is 343 g/mol. The second kappa shape index (κ2) is 7.01. The lowest BCUT2D eigenvalue weighted by Gasteiger charge is -2.37. The second-order valence-corrected chi connectivity index (χ2v) is 6.38. The maximum atomic E-state index is 13.5. The molecular weight excluding hydrogens is 321 g/mol. The molecule has 1 aliphatic rings. The Morgan fingerprint density at radius 1 is 1.40 bits per heavy atom. The van der Waals surface area contributed by atoms with Gasteiger partial charge in [0.15, 0.2) is 0 Å². The molecule has 1 atom stereocenters. The summed E-state index contributed by atoms with van der Waals surface area (Å²) in [5.41, 5.74) is 0.890. The van der Waals surface area contributed by atoms with Gasteiger partial charge in [-0.1, -0.05) is 35.7 Å². The number of nitrogens with one attached hydrogen (secondary N) is 1. The summed E-state index contributed by atoms with van der Waals surface area (Å²) in [6, 6.07) is 5.10. The lowest BCUT2D eigenvalue weighted by molar-refractivity contribution is -0.0351. The fourth-order valence-corrected chi connectivity index (χ4v) is 3.69. The largest absolute Gasteiger partial charge is 0.377 e. The van der Waals surface area contributed by atoms with E-state index in [4.69, 9.17) is 4.74 Å². The van der Waals surface area contributed by atoms with Gasteiger partial charge in [0.05, 0.1) is 5.60 Å². The van der Waals surface area contributed by atoms with E-state index < -0.39 is 0 Å². The number of hydrogen-bond acceptors (Lipinski definition) is 2. The zero-order valence-electron chi connectivity index (χ0n) is 12.2. The summed E-state index contributed by atoms with van der Waals surface area (Å²) in [6.45, 7) is 2.99. The van der Waals surface area contributed by atoms with Crippen LogP contribution in [-0.4, -0.2) is 25.3 Å². The first-order chi connectivity index (χ1) is 9.61. The smallest absolute Gasteiger partial charge is 0.123 e. The van der Waals surface area contributed by atoms with E-state index in [1.807, 2.05) is 0 Å². The molecule has 1 saturated carbocycles. The number of methoxy groups -OCH3 is 1. The van der Waals surface area contributed by atoms with E-state index in [1.165, 1.54) is 18.9 Å². The van der Waals surface area contributed by atoms with Crippen molar-refractivity contribution in [2.24, 2.45) is 0 Å². The minimum absolute atomic E-state index is 0.109. The van der Waals surface area contributed by atoms with Gasteiger partial charge in [0, 0.05) is 17.6 Å². The Kier molecular flexibility index (Phi) is 5.58. The molecule has 1 aliphatic carbocycles. The molecule has 0 saturated heterocycles. The third kappa shape index (κ3) is 3.41. The van der Waals surface area contributed by atoms with Crippen molar-refractivity contribution in [2.75, 3.05) is 13.7 Å². The highest BCUT2D eigenvalue weighted by Crippen LogP contribution is 2.37. The fraction of sp³-hybridized carbons (Fsp3) is 0.625. The first-order valence-corrected chi connectivity index (χ1v) is 8.13. The van der Waals surface area contributed by atoms with E-state index in [-0.39, 0.29) is 17.5 Å². The molecular formula is C16H23BrFNO. The standard InChI is InChI=1S/C16H23BrFNO/c1-3-19-15(16(20-2)8-4-5-9-16)11-12-10-13(18)6-7-14(12)17/h6-7,10,15,19H,3-5,8-9,11H2,1-2H3. The van der Waals surface area contributed by atoms with Gasteiger partial charge in [-0.15, -0.1) is 0 Å². The summed E-state index contributed by atoms with van der Waals surface area (Å²) in [5, 5.41) is 3.54. The van der Waals surface area contributed by atoms with Crippen molar-refractivity contribution in [2.45, 2.75) is 50.7 Å². The number of halogens is 2. The van der Waals surface area contributed by atoms with Crippen molar-refractivity contribution in [1.82, 2.24) is 5.32 Å². The summed E-state index contributed by atoms with van der Waals surface area (Å²) < 4.78 is 20.3. The van der Waals surface area contributed by atoms with E-state index in [0.29, 0.717) is 0 Å². The van der Waals surface area contributed by atoms with E-state index in [1.54, 1.807) is 19.2 Å². The van der Waals surface area contributed by atoms with Gasteiger partial charge in [0.2, 0.25) is 0 Å². The molecule has 0 spiro atoms. The molecule has 2 rings (SSSR count). The maximum absolute atomic E-state index is 13.5. The third-order valence-corrected chi connectivity index (χ3v) is 5.15. The van der Waals surface area contributed by atoms with Crippen molar-refractivity contribution in [3.63, 3.8) is 0 Å². The lowest BCUT2D eigenvalue weighted by Crippen LogP contribution is -2.51. The summed E-state index contributed by atoms with van der Waals surface area (Å²) in [6.07, 6.45) is 5.35. The molecule has 2 nitrogen and oxygen atoms in total. The molecule has 0 aliphatic heterocycles. The zero-order chi connectivity index (χ0) is 14.6. The zero-order valence-corrected chi connectivity index (χ0v) is 13.8. The summed E-state index contributed by atoms with van der Waals surface area (Å²) >= 11 is 3.52. The number of rotatable bonds is 6. The molecule has 0 amide bonds. The number of hydrogen-bond donors (Lipinski definition) is 1. The van der Waals surface area contributed by atoms with Crippen LogP contribution in [0, 0.1) is 5.82 Å². The predicted octanol–water partition coefficient (Wildman–Crippen LogP) is 4.07. The van der Waals surface area contributed by atoms with Crippen molar-refractivity contribution >= 4 is 15.9 Å². The van der Waals surface area contributed by atoms with E-state index in [9.17, 15) is 4.39 Å². The average Bonchev–Trinajstić information content (AvgIpc) is 2.92. The van der Waals surface area contributed by atoms with Crippen LogP contribution in [0.25, 0.3) is 0 Å². The van der Waals surface area contributed by atoms with Crippen molar-refractivity contribution in [3.8, 4) is 0 Å². The molecule has 0 radical (unpaired) electrons. The first-order valence-electron chi connectivity index (χ1n) is 7.34. The predicted molar refractivity (Wildman–Crippen MR) is 83.5 cm³/mol. The molecule has 0 aromatic heterocycles. The van der Waals surface area contributed by atoms with Crippen LogP contribution < -0.4 is 5.32 Å². The van der Waals surface area contributed by atoms with Crippen LogP contribution in [0.5, 0.6) is 0 Å². The van der Waals surface area contributed by atoms with Crippen LogP contribution >= 0.6 is 15.9 Å². The molecule has 1 N–H and O–H groups in total. The van der Waals surface area contributed by atoms with Gasteiger partial charge < -0.3 is 10.1 Å². The van der Waals surface area contributed by atoms with Gasteiger partial charge in [-0.3, -0.25) is 0 Å². The van der Waals surface area contributed by atoms with Crippen molar-refractivity contribution in [1.29, 1.82) is 0 Å². The second-order valence-electron chi connectivity index (χ2n) is 5.53. The summed E-state index contributed by atoms with van der Waals surface area (Å²) in [4.78, 5) is 0. The Morgan fingerprint density at radius 2 is 2.10 bits per heavy atom. The van der Waals surface area contributed by atoms with Crippen LogP contribution in [0.2, 0.25) is 0 Å². The highest BCUT2D eigenvalue weighted by Gasteiger charge is 2.41. The Hall–Kier alpha value is -0.450. The number of benzene rings is 1. The SMILES string of the molecule is CCNC(Cc1cc(F)ccc1Br)C1(OC)CCCC1. The van der Waals surface area contributed by atoms with Crippen molar-refractivity contribution in [3.05, 3.63) is 34.1 Å². The van der Waals surface area contributed by atoms with Gasteiger partial charge in [-0.2, -0.15) is 0 Å². The van der Waals surface area contributed by atoms with Crippen LogP contribution in [0.3, 0.4) is 0 Å². The fourth-order valence-electron chi connectivity index (χ4n) is 3.28. The van der Waals surface area contributed by atoms with Gasteiger partial charge in [0.1, 0.15) is 5.82 Å². The van der Waals surface area contributed by atoms with Crippen LogP contribution in [0.4, 0.5) is 4.39 Å². The third-order valence-electron chi connectivity index (χ3n) is 4.37. The maximum Gasteiger partial charge on any atom is 0.123 e. The van der Waals surface area contributed by atoms with Crippen LogP contribution in [0.1, 0.15) is 38.2 Å². The molecule has 20 heavy (non-hydrogen) atoms. The van der Waals surface area contributed by atoms with E-state index in [0.717, 1.165) is 35.8 Å². The normalized spacial score (nSPS) is 19.2. The van der Waals surface area contributed by atoms with Gasteiger partial charge in [-0.25, -0.2) is 4.39 Å². The Labute approximate surface area is 129 Å². The molecule has 1 unspecified atom stereocenters. The van der Waals surface area contributed by atoms with E-state index >= 15 is 0 Å². The first kappa shape index (κ1) is 15.9. The van der Waals surface area contributed by atoms with Crippen LogP contribution in [-0.2, 0) is 11.2 Å². The molecule has 1 fully saturated rings. The highest BCUT2D eigenvalue weighted by molar-refractivity contribution is 9.10. The molecule has 4 heteroatoms. The minimum Gasteiger partial charge on any atom is -0.377 e. The lowest BCUT2D eigenvalue weighted by atomic mass is 9.87. The topological polar surface area (TPSA) is 21.3 Å². The summed E-state index contributed by atoms with van der Waals surface area (Å²) in [5.74, 6) is -0.184. The van der Waals surface area contributed by atoms with Gasteiger partial charge in [0.25, 0.3) is 0 Å². The van der Waals surface area contributed by atoms with Gasteiger partial charge in [-0.05, 0) is 49.6 Å². The Morgan fingerprint density at radius 3 is 2.70 bits per heavy atom. The molecule has 1 aromatic rings. The quantitative estimate of drug-likeness (QED) is 0.840. The van der Waals surface area contributed by atoms with E-state index in [2.05, 4.69) is 28.2 Å². The Bertz CT molecular complexity index is 446. The average molecular weight is 344 g/mol. The van der Waals surface area contributed by atoms with Crippen molar-refractivity contribution < 1.29 is 9.13 Å². The highest BCUT2D eigenvalue weighted by atomic mass is 79.9. The molecule has 0 heterocycles. The molecule has 112 valence electrons. The summed E-state index contributed by atoms with van der Waals surface area (Å²) in [7, 11) is 1.80. The molecule has 1 aromatic carbocycles. The van der Waals surface area contributed by atoms with Gasteiger partial charge >= 0.3 is 0 Å².